The van der Waals surface area contributed by atoms with Gasteiger partial charge in [0.2, 0.25) is 0 Å². The zero-order valence-electron chi connectivity index (χ0n) is 11.0. The Balaban J connectivity index is 1.59. The maximum atomic E-state index is 11.9. The van der Waals surface area contributed by atoms with Gasteiger partial charge in [0, 0.05) is 11.1 Å². The molecule has 1 saturated carbocycles. The number of halogens is 2. The van der Waals surface area contributed by atoms with Crippen molar-refractivity contribution in [3.05, 3.63) is 40.4 Å². The summed E-state index contributed by atoms with van der Waals surface area (Å²) in [5, 5.41) is 14.2. The van der Waals surface area contributed by atoms with E-state index in [0.29, 0.717) is 28.3 Å². The summed E-state index contributed by atoms with van der Waals surface area (Å²) in [5.41, 5.74) is 0.463. The number of anilines is 1. The Kier molecular flexibility index (Phi) is 3.98. The molecule has 2 N–H and O–H groups in total. The number of amides is 2. The van der Waals surface area contributed by atoms with Crippen LogP contribution in [0.4, 0.5) is 10.5 Å². The van der Waals surface area contributed by atoms with E-state index < -0.39 is 0 Å². The lowest BCUT2D eigenvalue weighted by Gasteiger charge is -2.09. The Morgan fingerprint density at radius 3 is 2.95 bits per heavy atom. The number of hydrogen-bond donors (Lipinski definition) is 2. The normalized spacial score (nSPS) is 14.0. The molecule has 0 saturated heterocycles. The van der Waals surface area contributed by atoms with Crippen LogP contribution in [0.1, 0.15) is 24.7 Å². The zero-order chi connectivity index (χ0) is 14.8. The largest absolute Gasteiger partial charge is 0.331 e. The van der Waals surface area contributed by atoms with E-state index in [1.807, 2.05) is 4.57 Å². The van der Waals surface area contributed by atoms with Crippen molar-refractivity contribution in [2.24, 2.45) is 0 Å². The number of nitrogens with one attached hydrogen (secondary N) is 2. The Morgan fingerprint density at radius 2 is 2.19 bits per heavy atom. The predicted molar refractivity (Wildman–Crippen MR) is 80.6 cm³/mol. The minimum Gasteiger partial charge on any atom is -0.331 e. The van der Waals surface area contributed by atoms with Crippen molar-refractivity contribution >= 4 is 34.9 Å². The highest BCUT2D eigenvalue weighted by Crippen LogP contribution is 2.35. The highest BCUT2D eigenvalue weighted by Gasteiger charge is 2.26. The summed E-state index contributed by atoms with van der Waals surface area (Å²) in [6, 6.07) is 4.98. The molecule has 2 aromatic rings. The number of carbonyl (C=O) groups excluding carboxylic acids is 1. The summed E-state index contributed by atoms with van der Waals surface area (Å²) >= 11 is 11.9. The van der Waals surface area contributed by atoms with Gasteiger partial charge in [-0.15, -0.1) is 10.2 Å². The van der Waals surface area contributed by atoms with Crippen LogP contribution in [-0.2, 0) is 6.54 Å². The summed E-state index contributed by atoms with van der Waals surface area (Å²) in [6.07, 6.45) is 3.96. The molecular weight excluding hydrogens is 313 g/mol. The highest BCUT2D eigenvalue weighted by atomic mass is 35.5. The minimum atomic E-state index is -0.371. The summed E-state index contributed by atoms with van der Waals surface area (Å²) in [7, 11) is 0. The van der Waals surface area contributed by atoms with E-state index >= 15 is 0 Å². The van der Waals surface area contributed by atoms with Crippen LogP contribution in [-0.4, -0.2) is 20.8 Å². The number of rotatable bonds is 4. The Labute approximate surface area is 131 Å². The van der Waals surface area contributed by atoms with E-state index in [4.69, 9.17) is 23.2 Å². The molecule has 1 aliphatic carbocycles. The van der Waals surface area contributed by atoms with Gasteiger partial charge in [0.15, 0.2) is 5.82 Å². The first kappa shape index (κ1) is 14.2. The summed E-state index contributed by atoms with van der Waals surface area (Å²) < 4.78 is 1.99. The van der Waals surface area contributed by atoms with Crippen LogP contribution in [0.25, 0.3) is 0 Å². The second-order valence-corrected chi connectivity index (χ2v) is 5.66. The van der Waals surface area contributed by atoms with E-state index in [9.17, 15) is 4.79 Å². The van der Waals surface area contributed by atoms with Crippen molar-refractivity contribution in [3.63, 3.8) is 0 Å². The Hall–Kier alpha value is -1.79. The lowest BCUT2D eigenvalue weighted by molar-refractivity contribution is 0.251. The molecule has 1 aromatic carbocycles. The molecule has 1 fully saturated rings. The average molecular weight is 326 g/mol. The first-order valence-electron chi connectivity index (χ1n) is 6.52. The summed E-state index contributed by atoms with van der Waals surface area (Å²) in [4.78, 5) is 11.9. The van der Waals surface area contributed by atoms with Crippen molar-refractivity contribution in [2.75, 3.05) is 5.32 Å². The zero-order valence-corrected chi connectivity index (χ0v) is 12.5. The van der Waals surface area contributed by atoms with Gasteiger partial charge in [0.25, 0.3) is 0 Å². The molecule has 1 heterocycles. The minimum absolute atomic E-state index is 0.306. The van der Waals surface area contributed by atoms with Crippen molar-refractivity contribution in [3.8, 4) is 0 Å². The van der Waals surface area contributed by atoms with Crippen LogP contribution in [0.2, 0.25) is 10.0 Å². The van der Waals surface area contributed by atoms with E-state index in [0.717, 1.165) is 18.7 Å². The standard InChI is InChI=1S/C13H13Cl2N5O/c14-8-1-4-10(15)11(5-8)18-13(21)16-6-12-19-17-7-20(12)9-2-3-9/h1,4-5,7,9H,2-3,6H2,(H2,16,18,21). The van der Waals surface area contributed by atoms with Crippen molar-refractivity contribution in [1.82, 2.24) is 20.1 Å². The molecular formula is C13H13Cl2N5O. The quantitative estimate of drug-likeness (QED) is 0.906. The van der Waals surface area contributed by atoms with Crippen LogP contribution in [0.5, 0.6) is 0 Å². The Bertz CT molecular complexity index is 668. The second-order valence-electron chi connectivity index (χ2n) is 4.82. The van der Waals surface area contributed by atoms with Gasteiger partial charge in [0.05, 0.1) is 17.3 Å². The van der Waals surface area contributed by atoms with Gasteiger partial charge < -0.3 is 15.2 Å². The molecule has 6 nitrogen and oxygen atoms in total. The molecule has 3 rings (SSSR count). The maximum absolute atomic E-state index is 11.9. The van der Waals surface area contributed by atoms with E-state index in [-0.39, 0.29) is 6.03 Å². The fourth-order valence-corrected chi connectivity index (χ4v) is 2.31. The highest BCUT2D eigenvalue weighted by molar-refractivity contribution is 6.35. The van der Waals surface area contributed by atoms with Crippen LogP contribution in [0.15, 0.2) is 24.5 Å². The average Bonchev–Trinajstić information content (AvgIpc) is 3.19. The lowest BCUT2D eigenvalue weighted by atomic mass is 10.3. The first-order chi connectivity index (χ1) is 10.1. The van der Waals surface area contributed by atoms with Gasteiger partial charge in [0.1, 0.15) is 6.33 Å². The van der Waals surface area contributed by atoms with E-state index in [2.05, 4.69) is 20.8 Å². The first-order valence-corrected chi connectivity index (χ1v) is 7.27. The molecule has 0 radical (unpaired) electrons. The molecule has 1 aliphatic rings. The van der Waals surface area contributed by atoms with Gasteiger partial charge in [-0.05, 0) is 31.0 Å². The van der Waals surface area contributed by atoms with Crippen LogP contribution in [0, 0.1) is 0 Å². The maximum Gasteiger partial charge on any atom is 0.319 e. The molecule has 0 unspecified atom stereocenters. The smallest absolute Gasteiger partial charge is 0.319 e. The number of carbonyl (C=O) groups is 1. The van der Waals surface area contributed by atoms with Crippen molar-refractivity contribution in [1.29, 1.82) is 0 Å². The molecule has 0 spiro atoms. The third-order valence-corrected chi connectivity index (χ3v) is 3.74. The van der Waals surface area contributed by atoms with Crippen LogP contribution in [0.3, 0.4) is 0 Å². The van der Waals surface area contributed by atoms with Gasteiger partial charge in [-0.2, -0.15) is 0 Å². The summed E-state index contributed by atoms with van der Waals surface area (Å²) in [6.45, 7) is 0.306. The number of benzene rings is 1. The van der Waals surface area contributed by atoms with Crippen molar-refractivity contribution in [2.45, 2.75) is 25.4 Å². The van der Waals surface area contributed by atoms with E-state index in [1.165, 1.54) is 0 Å². The molecule has 0 atom stereocenters. The van der Waals surface area contributed by atoms with Crippen molar-refractivity contribution < 1.29 is 4.79 Å². The second kappa shape index (κ2) is 5.91. The van der Waals surface area contributed by atoms with Gasteiger partial charge in [-0.1, -0.05) is 23.2 Å². The fourth-order valence-electron chi connectivity index (χ4n) is 1.97. The van der Waals surface area contributed by atoms with Crippen LogP contribution >= 0.6 is 23.2 Å². The lowest BCUT2D eigenvalue weighted by Crippen LogP contribution is -2.29. The number of urea groups is 1. The number of aromatic nitrogens is 3. The third kappa shape index (κ3) is 3.46. The topological polar surface area (TPSA) is 71.8 Å². The monoisotopic (exact) mass is 325 g/mol. The molecule has 110 valence electrons. The predicted octanol–water partition coefficient (Wildman–Crippen LogP) is 3.24. The van der Waals surface area contributed by atoms with Gasteiger partial charge in [-0.3, -0.25) is 0 Å². The molecule has 8 heteroatoms. The molecule has 2 amide bonds. The van der Waals surface area contributed by atoms with Crippen LogP contribution < -0.4 is 10.6 Å². The SMILES string of the molecule is O=C(NCc1nncn1C1CC1)Nc1cc(Cl)ccc1Cl. The molecule has 21 heavy (non-hydrogen) atoms. The summed E-state index contributed by atoms with van der Waals surface area (Å²) in [5.74, 6) is 0.741. The van der Waals surface area contributed by atoms with Gasteiger partial charge in [-0.25, -0.2) is 4.79 Å². The molecule has 0 bridgehead atoms. The third-order valence-electron chi connectivity index (χ3n) is 3.17. The number of nitrogens with zero attached hydrogens (tertiary/aromatic N) is 3. The molecule has 0 aliphatic heterocycles. The van der Waals surface area contributed by atoms with Gasteiger partial charge >= 0.3 is 6.03 Å². The fraction of sp³-hybridized carbons (Fsp3) is 0.308. The van der Waals surface area contributed by atoms with E-state index in [1.54, 1.807) is 24.5 Å². The number of hydrogen-bond acceptors (Lipinski definition) is 3. The Morgan fingerprint density at radius 1 is 1.38 bits per heavy atom. The molecule has 1 aromatic heterocycles.